The highest BCUT2D eigenvalue weighted by Crippen LogP contribution is 2.25. The molecule has 1 aromatic carbocycles. The van der Waals surface area contributed by atoms with E-state index in [1.54, 1.807) is 12.1 Å². The van der Waals surface area contributed by atoms with Crippen LogP contribution in [0.1, 0.15) is 34.5 Å². The molecular formula is C19H20F2N4O2. The summed E-state index contributed by atoms with van der Waals surface area (Å²) in [5, 5.41) is 11.1. The number of hydrogen-bond acceptors (Lipinski definition) is 5. The molecule has 2 aromatic rings. The van der Waals surface area contributed by atoms with E-state index in [-0.39, 0.29) is 17.6 Å². The Morgan fingerprint density at radius 3 is 2.74 bits per heavy atom. The molecule has 1 N–H and O–H groups in total. The van der Waals surface area contributed by atoms with Gasteiger partial charge in [0, 0.05) is 38.4 Å². The number of nitrogens with zero attached hydrogens (tertiary/aromatic N) is 3. The quantitative estimate of drug-likeness (QED) is 0.892. The van der Waals surface area contributed by atoms with Crippen molar-refractivity contribution in [2.75, 3.05) is 24.7 Å². The van der Waals surface area contributed by atoms with Crippen molar-refractivity contribution in [2.24, 2.45) is 0 Å². The van der Waals surface area contributed by atoms with Gasteiger partial charge in [-0.15, -0.1) is 10.2 Å². The van der Waals surface area contributed by atoms with Crippen LogP contribution >= 0.6 is 0 Å². The Balaban J connectivity index is 1.44. The minimum absolute atomic E-state index is 0.0936. The van der Waals surface area contributed by atoms with Gasteiger partial charge in [0.25, 0.3) is 5.91 Å². The van der Waals surface area contributed by atoms with Gasteiger partial charge in [-0.3, -0.25) is 4.79 Å². The summed E-state index contributed by atoms with van der Waals surface area (Å²) in [6, 6.07) is 5.70. The minimum Gasteiger partial charge on any atom is -0.381 e. The van der Waals surface area contributed by atoms with E-state index in [1.165, 1.54) is 6.07 Å². The molecule has 0 spiro atoms. The molecule has 2 aliphatic heterocycles. The first-order chi connectivity index (χ1) is 13.1. The lowest BCUT2D eigenvalue weighted by molar-refractivity contribution is 0.0693. The van der Waals surface area contributed by atoms with Crippen molar-refractivity contribution >= 4 is 11.7 Å². The first kappa shape index (κ1) is 17.8. The molecule has 142 valence electrons. The van der Waals surface area contributed by atoms with Crippen LogP contribution in [0.5, 0.6) is 0 Å². The van der Waals surface area contributed by atoms with Gasteiger partial charge in [-0.05, 0) is 48.6 Å². The fourth-order valence-corrected chi connectivity index (χ4v) is 3.52. The Labute approximate surface area is 155 Å². The number of benzene rings is 1. The lowest BCUT2D eigenvalue weighted by Gasteiger charge is -2.29. The minimum atomic E-state index is -0.584. The van der Waals surface area contributed by atoms with E-state index in [2.05, 4.69) is 15.5 Å². The zero-order valence-corrected chi connectivity index (χ0v) is 14.8. The number of hydrogen-bond donors (Lipinski definition) is 1. The largest absolute Gasteiger partial charge is 0.381 e. The molecule has 27 heavy (non-hydrogen) atoms. The van der Waals surface area contributed by atoms with Crippen LogP contribution in [0.4, 0.5) is 14.6 Å². The monoisotopic (exact) mass is 374 g/mol. The summed E-state index contributed by atoms with van der Waals surface area (Å²) in [5.74, 6) is -0.766. The van der Waals surface area contributed by atoms with Crippen molar-refractivity contribution in [3.63, 3.8) is 0 Å². The van der Waals surface area contributed by atoms with Gasteiger partial charge in [-0.25, -0.2) is 8.78 Å². The fraction of sp³-hybridized carbons (Fsp3) is 0.421. The van der Waals surface area contributed by atoms with E-state index in [4.69, 9.17) is 4.74 Å². The first-order valence-corrected chi connectivity index (χ1v) is 9.04. The fourth-order valence-electron chi connectivity index (χ4n) is 3.52. The number of fused-ring (bicyclic) bond motifs is 1. The molecule has 2 aliphatic rings. The molecule has 0 radical (unpaired) electrons. The molecule has 1 saturated heterocycles. The van der Waals surface area contributed by atoms with E-state index in [0.29, 0.717) is 49.7 Å². The summed E-state index contributed by atoms with van der Waals surface area (Å²) in [6.07, 6.45) is 2.05. The van der Waals surface area contributed by atoms with Crippen LogP contribution in [0.3, 0.4) is 0 Å². The van der Waals surface area contributed by atoms with Gasteiger partial charge in [0.05, 0.1) is 0 Å². The molecule has 0 saturated carbocycles. The van der Waals surface area contributed by atoms with E-state index >= 15 is 0 Å². The van der Waals surface area contributed by atoms with Gasteiger partial charge in [0.2, 0.25) is 0 Å². The first-order valence-electron chi connectivity index (χ1n) is 9.04. The summed E-state index contributed by atoms with van der Waals surface area (Å²) < 4.78 is 32.6. The third-order valence-corrected chi connectivity index (χ3v) is 5.01. The van der Waals surface area contributed by atoms with Crippen molar-refractivity contribution in [1.29, 1.82) is 0 Å². The SMILES string of the molecule is O=C(NC1CCOCC1)c1ccc(N2CCc3c(F)cc(F)cc3C2)nn1. The smallest absolute Gasteiger partial charge is 0.272 e. The zero-order valence-electron chi connectivity index (χ0n) is 14.8. The van der Waals surface area contributed by atoms with E-state index in [0.717, 1.165) is 18.9 Å². The summed E-state index contributed by atoms with van der Waals surface area (Å²) in [4.78, 5) is 14.2. The highest BCUT2D eigenvalue weighted by molar-refractivity contribution is 5.92. The maximum absolute atomic E-state index is 13.9. The van der Waals surface area contributed by atoms with Gasteiger partial charge in [-0.1, -0.05) is 0 Å². The van der Waals surface area contributed by atoms with Crippen LogP contribution in [0, 0.1) is 11.6 Å². The molecule has 1 amide bonds. The third-order valence-electron chi connectivity index (χ3n) is 5.01. The number of halogens is 2. The van der Waals surface area contributed by atoms with Gasteiger partial charge >= 0.3 is 0 Å². The number of nitrogens with one attached hydrogen (secondary N) is 1. The molecule has 1 fully saturated rings. The molecule has 4 rings (SSSR count). The lowest BCUT2D eigenvalue weighted by Crippen LogP contribution is -2.39. The number of amides is 1. The molecule has 1 aromatic heterocycles. The Hall–Kier alpha value is -2.61. The van der Waals surface area contributed by atoms with Crippen LogP contribution in [0.2, 0.25) is 0 Å². The normalized spacial score (nSPS) is 17.5. The molecule has 8 heteroatoms. The van der Waals surface area contributed by atoms with E-state index < -0.39 is 11.6 Å². The van der Waals surface area contributed by atoms with Gasteiger partial charge in [0.1, 0.15) is 11.6 Å². The Morgan fingerprint density at radius 2 is 2.00 bits per heavy atom. The van der Waals surface area contributed by atoms with Crippen molar-refractivity contribution < 1.29 is 18.3 Å². The Kier molecular flexibility index (Phi) is 4.98. The molecule has 0 aliphatic carbocycles. The number of rotatable bonds is 3. The van der Waals surface area contributed by atoms with Crippen molar-refractivity contribution in [3.8, 4) is 0 Å². The predicted octanol–water partition coefficient (Wildman–Crippen LogP) is 2.23. The third kappa shape index (κ3) is 3.90. The Morgan fingerprint density at radius 1 is 1.19 bits per heavy atom. The van der Waals surface area contributed by atoms with Crippen LogP contribution in [0.15, 0.2) is 24.3 Å². The van der Waals surface area contributed by atoms with Crippen LogP contribution < -0.4 is 10.2 Å². The van der Waals surface area contributed by atoms with Gasteiger partial charge in [-0.2, -0.15) is 0 Å². The highest BCUT2D eigenvalue weighted by atomic mass is 19.1. The molecular weight excluding hydrogens is 354 g/mol. The molecule has 0 atom stereocenters. The molecule has 0 unspecified atom stereocenters. The highest BCUT2D eigenvalue weighted by Gasteiger charge is 2.22. The number of anilines is 1. The molecule has 6 nitrogen and oxygen atoms in total. The average Bonchev–Trinajstić information content (AvgIpc) is 2.68. The number of aromatic nitrogens is 2. The van der Waals surface area contributed by atoms with E-state index in [9.17, 15) is 13.6 Å². The summed E-state index contributed by atoms with van der Waals surface area (Å²) in [7, 11) is 0. The second kappa shape index (κ2) is 7.56. The second-order valence-corrected chi connectivity index (χ2v) is 6.83. The van der Waals surface area contributed by atoms with Crippen molar-refractivity contribution in [1.82, 2.24) is 15.5 Å². The van der Waals surface area contributed by atoms with Crippen molar-refractivity contribution in [2.45, 2.75) is 31.8 Å². The predicted molar refractivity (Wildman–Crippen MR) is 94.5 cm³/mol. The zero-order chi connectivity index (χ0) is 18.8. The molecule has 0 bridgehead atoms. The number of ether oxygens (including phenoxy) is 1. The average molecular weight is 374 g/mol. The van der Waals surface area contributed by atoms with Crippen LogP contribution in [-0.2, 0) is 17.7 Å². The topological polar surface area (TPSA) is 67.3 Å². The van der Waals surface area contributed by atoms with Gasteiger partial charge < -0.3 is 15.0 Å². The maximum Gasteiger partial charge on any atom is 0.272 e. The van der Waals surface area contributed by atoms with Gasteiger partial charge in [0.15, 0.2) is 11.5 Å². The summed E-state index contributed by atoms with van der Waals surface area (Å²) in [6.45, 7) is 2.20. The lowest BCUT2D eigenvalue weighted by atomic mass is 9.99. The standard InChI is InChI=1S/C19H20F2N4O2/c20-13-9-12-11-25(6-3-15(12)16(21)10-13)18-2-1-17(23-24-18)19(26)22-14-4-7-27-8-5-14/h1-2,9-10,14H,3-8,11H2,(H,22,26). The summed E-state index contributed by atoms with van der Waals surface area (Å²) >= 11 is 0. The van der Waals surface area contributed by atoms with Crippen LogP contribution in [-0.4, -0.2) is 41.9 Å². The second-order valence-electron chi connectivity index (χ2n) is 6.83. The van der Waals surface area contributed by atoms with E-state index in [1.807, 2.05) is 4.90 Å². The number of carbonyl (C=O) groups excluding carboxylic acids is 1. The maximum atomic E-state index is 13.9. The Bertz CT molecular complexity index is 838. The number of carbonyl (C=O) groups is 1. The summed E-state index contributed by atoms with van der Waals surface area (Å²) in [5.41, 5.74) is 1.41. The van der Waals surface area contributed by atoms with Crippen molar-refractivity contribution in [3.05, 3.63) is 52.7 Å². The molecule has 3 heterocycles. The van der Waals surface area contributed by atoms with Crippen LogP contribution in [0.25, 0.3) is 0 Å².